The second-order valence-electron chi connectivity index (χ2n) is 4.61. The van der Waals surface area contributed by atoms with Gasteiger partial charge in [-0.05, 0) is 38.0 Å². The number of aryl methyl sites for hydroxylation is 2. The van der Waals surface area contributed by atoms with Gasteiger partial charge >= 0.3 is 0 Å². The van der Waals surface area contributed by atoms with Crippen molar-refractivity contribution in [3.05, 3.63) is 40.9 Å². The van der Waals surface area contributed by atoms with Gasteiger partial charge in [-0.2, -0.15) is 0 Å². The predicted molar refractivity (Wildman–Crippen MR) is 81.4 cm³/mol. The summed E-state index contributed by atoms with van der Waals surface area (Å²) in [6.07, 6.45) is 1.12. The van der Waals surface area contributed by atoms with E-state index in [-0.39, 0.29) is 5.91 Å². The maximum absolute atomic E-state index is 11.7. The molecule has 2 aromatic rings. The Kier molecular flexibility index (Phi) is 5.12. The maximum atomic E-state index is 11.7. The molecule has 0 atom stereocenters. The Hall–Kier alpha value is -1.88. The Morgan fingerprint density at radius 3 is 2.95 bits per heavy atom. The van der Waals surface area contributed by atoms with Crippen molar-refractivity contribution in [1.29, 1.82) is 0 Å². The zero-order valence-electron chi connectivity index (χ0n) is 11.7. The molecule has 1 amide bonds. The van der Waals surface area contributed by atoms with Gasteiger partial charge in [0.1, 0.15) is 5.75 Å². The first-order valence-electron chi connectivity index (χ1n) is 6.55. The zero-order chi connectivity index (χ0) is 14.4. The molecule has 1 N–H and O–H groups in total. The van der Waals surface area contributed by atoms with Gasteiger partial charge in [-0.1, -0.05) is 12.1 Å². The number of carbonyl (C=O) groups is 1. The van der Waals surface area contributed by atoms with Gasteiger partial charge in [0.05, 0.1) is 12.3 Å². The summed E-state index contributed by atoms with van der Waals surface area (Å²) in [6, 6.07) is 7.89. The van der Waals surface area contributed by atoms with Crippen molar-refractivity contribution in [2.45, 2.75) is 26.7 Å². The predicted octanol–water partition coefficient (Wildman–Crippen LogP) is 3.56. The summed E-state index contributed by atoms with van der Waals surface area (Å²) in [5.74, 6) is 0.827. The first-order chi connectivity index (χ1) is 9.63. The monoisotopic (exact) mass is 290 g/mol. The van der Waals surface area contributed by atoms with E-state index in [1.54, 1.807) is 0 Å². The van der Waals surface area contributed by atoms with Gasteiger partial charge in [0.15, 0.2) is 5.13 Å². The molecule has 106 valence electrons. The molecule has 0 aliphatic rings. The molecule has 1 aromatic heterocycles. The number of rotatable bonds is 6. The highest BCUT2D eigenvalue weighted by atomic mass is 32.1. The quantitative estimate of drug-likeness (QED) is 0.828. The smallest absolute Gasteiger partial charge is 0.226 e. The minimum absolute atomic E-state index is 0.0211. The minimum Gasteiger partial charge on any atom is -0.494 e. The fourth-order valence-electron chi connectivity index (χ4n) is 1.72. The van der Waals surface area contributed by atoms with Gasteiger partial charge < -0.3 is 10.1 Å². The van der Waals surface area contributed by atoms with E-state index in [4.69, 9.17) is 4.74 Å². The fraction of sp³-hybridized carbons (Fsp3) is 0.333. The molecular formula is C15H18N2O2S. The van der Waals surface area contributed by atoms with Crippen LogP contribution in [0, 0.1) is 13.8 Å². The number of aromatic nitrogens is 1. The molecule has 0 radical (unpaired) electrons. The van der Waals surface area contributed by atoms with Crippen LogP contribution < -0.4 is 10.1 Å². The van der Waals surface area contributed by atoms with Crippen LogP contribution in [0.5, 0.6) is 5.75 Å². The number of anilines is 1. The Labute approximate surface area is 122 Å². The largest absolute Gasteiger partial charge is 0.494 e. The molecule has 1 aromatic carbocycles. The number of amides is 1. The third kappa shape index (κ3) is 4.66. The lowest BCUT2D eigenvalue weighted by Gasteiger charge is -2.06. The van der Waals surface area contributed by atoms with E-state index in [2.05, 4.69) is 10.3 Å². The van der Waals surface area contributed by atoms with Crippen LogP contribution in [-0.4, -0.2) is 17.5 Å². The molecule has 1 heterocycles. The number of nitrogens with one attached hydrogen (secondary N) is 1. The lowest BCUT2D eigenvalue weighted by Crippen LogP contribution is -2.12. The summed E-state index contributed by atoms with van der Waals surface area (Å²) >= 11 is 1.44. The summed E-state index contributed by atoms with van der Waals surface area (Å²) in [7, 11) is 0. The molecule has 0 aliphatic heterocycles. The highest BCUT2D eigenvalue weighted by Gasteiger charge is 2.05. The Balaban J connectivity index is 1.67. The standard InChI is InChI=1S/C15H18N2O2S/c1-11-5-3-6-13(9-11)19-8-4-7-14(18)17-15-16-12(2)10-20-15/h3,5-6,9-10H,4,7-8H2,1-2H3,(H,16,17,18). The van der Waals surface area contributed by atoms with Crippen LogP contribution in [-0.2, 0) is 4.79 Å². The molecule has 0 spiro atoms. The van der Waals surface area contributed by atoms with Gasteiger partial charge in [0.25, 0.3) is 0 Å². The van der Waals surface area contributed by atoms with Crippen molar-refractivity contribution >= 4 is 22.4 Å². The van der Waals surface area contributed by atoms with E-state index < -0.39 is 0 Å². The molecule has 5 heteroatoms. The third-order valence-electron chi connectivity index (χ3n) is 2.67. The SMILES string of the molecule is Cc1cccc(OCCCC(=O)Nc2nc(C)cs2)c1. The molecule has 0 saturated carbocycles. The van der Waals surface area contributed by atoms with Crippen molar-refractivity contribution in [2.24, 2.45) is 0 Å². The van der Waals surface area contributed by atoms with E-state index in [1.165, 1.54) is 16.9 Å². The first kappa shape index (κ1) is 14.5. The van der Waals surface area contributed by atoms with Crippen LogP contribution in [0.25, 0.3) is 0 Å². The number of hydrogen-bond acceptors (Lipinski definition) is 4. The number of hydrogen-bond donors (Lipinski definition) is 1. The Bertz CT molecular complexity index is 581. The molecule has 0 fully saturated rings. The van der Waals surface area contributed by atoms with Crippen LogP contribution in [0.1, 0.15) is 24.1 Å². The summed E-state index contributed by atoms with van der Waals surface area (Å²) in [6.45, 7) is 4.46. The molecular weight excluding hydrogens is 272 g/mol. The normalized spacial score (nSPS) is 10.3. The molecule has 0 bridgehead atoms. The number of carbonyl (C=O) groups excluding carboxylic acids is 1. The van der Waals surface area contributed by atoms with Crippen LogP contribution in [0.2, 0.25) is 0 Å². The summed E-state index contributed by atoms with van der Waals surface area (Å²) in [5, 5.41) is 5.36. The van der Waals surface area contributed by atoms with E-state index in [9.17, 15) is 4.79 Å². The molecule has 4 nitrogen and oxygen atoms in total. The Morgan fingerprint density at radius 2 is 2.25 bits per heavy atom. The molecule has 20 heavy (non-hydrogen) atoms. The lowest BCUT2D eigenvalue weighted by atomic mass is 10.2. The number of ether oxygens (including phenoxy) is 1. The average molecular weight is 290 g/mol. The van der Waals surface area contributed by atoms with E-state index in [0.29, 0.717) is 24.6 Å². The molecule has 0 aliphatic carbocycles. The van der Waals surface area contributed by atoms with Gasteiger partial charge in [0.2, 0.25) is 5.91 Å². The minimum atomic E-state index is -0.0211. The van der Waals surface area contributed by atoms with E-state index in [0.717, 1.165) is 11.4 Å². The second kappa shape index (κ2) is 7.05. The highest BCUT2D eigenvalue weighted by molar-refractivity contribution is 7.13. The highest BCUT2D eigenvalue weighted by Crippen LogP contribution is 2.15. The van der Waals surface area contributed by atoms with Crippen molar-refractivity contribution in [1.82, 2.24) is 4.98 Å². The van der Waals surface area contributed by atoms with Gasteiger partial charge in [-0.15, -0.1) is 11.3 Å². The summed E-state index contributed by atoms with van der Waals surface area (Å²) < 4.78 is 5.60. The third-order valence-corrected chi connectivity index (χ3v) is 3.55. The Morgan fingerprint density at radius 1 is 1.40 bits per heavy atom. The molecule has 0 unspecified atom stereocenters. The number of nitrogens with zero attached hydrogens (tertiary/aromatic N) is 1. The summed E-state index contributed by atoms with van der Waals surface area (Å²) in [5.41, 5.74) is 2.09. The maximum Gasteiger partial charge on any atom is 0.226 e. The van der Waals surface area contributed by atoms with Crippen LogP contribution in [0.15, 0.2) is 29.6 Å². The zero-order valence-corrected chi connectivity index (χ0v) is 12.5. The average Bonchev–Trinajstić information content (AvgIpc) is 2.80. The van der Waals surface area contributed by atoms with E-state index >= 15 is 0 Å². The van der Waals surface area contributed by atoms with Crippen molar-refractivity contribution in [2.75, 3.05) is 11.9 Å². The van der Waals surface area contributed by atoms with Gasteiger partial charge in [-0.25, -0.2) is 4.98 Å². The van der Waals surface area contributed by atoms with Crippen molar-refractivity contribution in [3.63, 3.8) is 0 Å². The van der Waals surface area contributed by atoms with Gasteiger partial charge in [0, 0.05) is 11.8 Å². The molecule has 2 rings (SSSR count). The first-order valence-corrected chi connectivity index (χ1v) is 7.43. The second-order valence-corrected chi connectivity index (χ2v) is 5.47. The van der Waals surface area contributed by atoms with Crippen LogP contribution in [0.4, 0.5) is 5.13 Å². The fourth-order valence-corrected chi connectivity index (χ4v) is 2.43. The van der Waals surface area contributed by atoms with Crippen LogP contribution >= 0.6 is 11.3 Å². The number of benzene rings is 1. The van der Waals surface area contributed by atoms with Crippen molar-refractivity contribution < 1.29 is 9.53 Å². The molecule has 0 saturated heterocycles. The van der Waals surface area contributed by atoms with Crippen molar-refractivity contribution in [3.8, 4) is 5.75 Å². The van der Waals surface area contributed by atoms with Crippen LogP contribution in [0.3, 0.4) is 0 Å². The topological polar surface area (TPSA) is 51.2 Å². The summed E-state index contributed by atoms with van der Waals surface area (Å²) in [4.78, 5) is 15.9. The lowest BCUT2D eigenvalue weighted by molar-refractivity contribution is -0.116. The number of thiazole rings is 1. The van der Waals surface area contributed by atoms with E-state index in [1.807, 2.05) is 43.5 Å². The van der Waals surface area contributed by atoms with Gasteiger partial charge in [-0.3, -0.25) is 4.79 Å².